The van der Waals surface area contributed by atoms with Gasteiger partial charge in [0.1, 0.15) is 10.7 Å². The van der Waals surface area contributed by atoms with Crippen molar-refractivity contribution in [3.63, 3.8) is 0 Å². The zero-order valence-corrected chi connectivity index (χ0v) is 13.0. The molecule has 0 spiro atoms. The summed E-state index contributed by atoms with van der Waals surface area (Å²) in [4.78, 5) is 12.2. The average Bonchev–Trinajstić information content (AvgIpc) is 2.84. The molecule has 0 fully saturated rings. The normalized spacial score (nSPS) is 17.7. The largest absolute Gasteiger partial charge is 0.460 e. The number of ether oxygens (including phenoxy) is 1. The number of Topliss-reactive ketones (excluding diaryl/α,β-unsaturated/α-hetero) is 1. The lowest BCUT2D eigenvalue weighted by Gasteiger charge is -2.10. The molecular weight excluding hydrogens is 337 g/mol. The third kappa shape index (κ3) is 2.83. The van der Waals surface area contributed by atoms with Crippen LogP contribution in [0.3, 0.4) is 0 Å². The van der Waals surface area contributed by atoms with Gasteiger partial charge in [-0.05, 0) is 18.2 Å². The second kappa shape index (κ2) is 5.97. The fourth-order valence-corrected chi connectivity index (χ4v) is 3.16. The van der Waals surface area contributed by atoms with Crippen molar-refractivity contribution in [2.75, 3.05) is 0 Å². The first-order valence-electron chi connectivity index (χ1n) is 6.85. The summed E-state index contributed by atoms with van der Waals surface area (Å²) in [5.74, 6) is -2.70. The van der Waals surface area contributed by atoms with Crippen molar-refractivity contribution in [2.45, 2.75) is 11.0 Å². The molecule has 0 aromatic heterocycles. The SMILES string of the molecule is NC1=C(OS(=O)(=O)c2ccccc2)C(=O)C(c2ccccc2F)O1. The molecule has 0 saturated carbocycles. The van der Waals surface area contributed by atoms with E-state index in [1.54, 1.807) is 6.07 Å². The van der Waals surface area contributed by atoms with Crippen molar-refractivity contribution in [3.8, 4) is 0 Å². The molecule has 2 aromatic carbocycles. The van der Waals surface area contributed by atoms with E-state index < -0.39 is 39.5 Å². The Labute approximate surface area is 137 Å². The molecule has 1 atom stereocenters. The van der Waals surface area contributed by atoms with Crippen LogP contribution in [-0.2, 0) is 23.8 Å². The van der Waals surface area contributed by atoms with Gasteiger partial charge in [0.15, 0.2) is 6.10 Å². The second-order valence-corrected chi connectivity index (χ2v) is 6.47. The van der Waals surface area contributed by atoms with E-state index >= 15 is 0 Å². The van der Waals surface area contributed by atoms with E-state index in [1.165, 1.54) is 42.5 Å². The molecule has 0 saturated heterocycles. The molecular formula is C16H12FNO5S. The number of ketones is 1. The van der Waals surface area contributed by atoms with E-state index in [1.807, 2.05) is 0 Å². The molecule has 1 heterocycles. The van der Waals surface area contributed by atoms with Gasteiger partial charge in [-0.25, -0.2) is 4.39 Å². The van der Waals surface area contributed by atoms with Crippen LogP contribution in [0.4, 0.5) is 4.39 Å². The highest BCUT2D eigenvalue weighted by atomic mass is 32.2. The summed E-state index contributed by atoms with van der Waals surface area (Å²) in [6.07, 6.45) is -1.38. The average molecular weight is 349 g/mol. The highest BCUT2D eigenvalue weighted by Crippen LogP contribution is 2.34. The summed E-state index contributed by atoms with van der Waals surface area (Å²) >= 11 is 0. The number of nitrogens with two attached hydrogens (primary N) is 1. The first-order chi connectivity index (χ1) is 11.4. The van der Waals surface area contributed by atoms with Gasteiger partial charge in [0.25, 0.3) is 0 Å². The third-order valence-electron chi connectivity index (χ3n) is 3.34. The molecule has 6 nitrogen and oxygen atoms in total. The maximum Gasteiger partial charge on any atom is 0.339 e. The maximum atomic E-state index is 13.8. The number of rotatable bonds is 4. The third-order valence-corrected chi connectivity index (χ3v) is 4.58. The van der Waals surface area contributed by atoms with Gasteiger partial charge in [0, 0.05) is 5.56 Å². The van der Waals surface area contributed by atoms with Gasteiger partial charge in [0.05, 0.1) is 0 Å². The summed E-state index contributed by atoms with van der Waals surface area (Å²) in [5.41, 5.74) is 5.50. The number of benzene rings is 2. The molecule has 1 aliphatic heterocycles. The van der Waals surface area contributed by atoms with E-state index in [0.717, 1.165) is 6.07 Å². The minimum atomic E-state index is -4.26. The fraction of sp³-hybridized carbons (Fsp3) is 0.0625. The Morgan fingerprint density at radius 3 is 2.33 bits per heavy atom. The first-order valence-corrected chi connectivity index (χ1v) is 8.25. The molecule has 1 aliphatic rings. The van der Waals surface area contributed by atoms with Crippen molar-refractivity contribution in [1.29, 1.82) is 0 Å². The summed E-state index contributed by atoms with van der Waals surface area (Å²) in [6.45, 7) is 0. The predicted octanol–water partition coefficient (Wildman–Crippen LogP) is 2.00. The molecule has 2 N–H and O–H groups in total. The number of hydrogen-bond acceptors (Lipinski definition) is 6. The number of carbonyl (C=O) groups is 1. The Bertz CT molecular complexity index is 924. The zero-order valence-electron chi connectivity index (χ0n) is 12.2. The van der Waals surface area contributed by atoms with Crippen molar-refractivity contribution >= 4 is 15.9 Å². The predicted molar refractivity (Wildman–Crippen MR) is 81.2 cm³/mol. The van der Waals surface area contributed by atoms with Crippen LogP contribution < -0.4 is 5.73 Å². The van der Waals surface area contributed by atoms with E-state index in [-0.39, 0.29) is 10.5 Å². The van der Waals surface area contributed by atoms with Crippen molar-refractivity contribution in [1.82, 2.24) is 0 Å². The Kier molecular flexibility index (Phi) is 3.98. The van der Waals surface area contributed by atoms with E-state index in [9.17, 15) is 17.6 Å². The zero-order chi connectivity index (χ0) is 17.3. The van der Waals surface area contributed by atoms with Gasteiger partial charge in [-0.1, -0.05) is 36.4 Å². The van der Waals surface area contributed by atoms with Crippen LogP contribution in [0.15, 0.2) is 71.1 Å². The summed E-state index contributed by atoms with van der Waals surface area (Å²) in [5, 5.41) is 0. The Balaban J connectivity index is 1.89. The van der Waals surface area contributed by atoms with Crippen LogP contribution >= 0.6 is 0 Å². The van der Waals surface area contributed by atoms with E-state index in [2.05, 4.69) is 0 Å². The van der Waals surface area contributed by atoms with Crippen molar-refractivity contribution in [3.05, 3.63) is 77.6 Å². The lowest BCUT2D eigenvalue weighted by Crippen LogP contribution is -2.16. The molecule has 0 radical (unpaired) electrons. The summed E-state index contributed by atoms with van der Waals surface area (Å²) in [6, 6.07) is 12.7. The molecule has 2 aromatic rings. The first kappa shape index (κ1) is 16.0. The molecule has 0 bridgehead atoms. The Morgan fingerprint density at radius 1 is 1.04 bits per heavy atom. The topological polar surface area (TPSA) is 95.7 Å². The second-order valence-electron chi connectivity index (χ2n) is 4.93. The minimum Gasteiger partial charge on any atom is -0.460 e. The monoisotopic (exact) mass is 349 g/mol. The van der Waals surface area contributed by atoms with Gasteiger partial charge in [-0.3, -0.25) is 4.79 Å². The highest BCUT2D eigenvalue weighted by Gasteiger charge is 2.40. The molecule has 0 aliphatic carbocycles. The number of hydrogen-bond donors (Lipinski definition) is 1. The lowest BCUT2D eigenvalue weighted by atomic mass is 10.1. The van der Waals surface area contributed by atoms with E-state index in [4.69, 9.17) is 14.7 Å². The van der Waals surface area contributed by atoms with Gasteiger partial charge in [-0.2, -0.15) is 8.42 Å². The van der Waals surface area contributed by atoms with Crippen molar-refractivity contribution in [2.24, 2.45) is 5.73 Å². The molecule has 124 valence electrons. The van der Waals surface area contributed by atoms with Crippen LogP contribution in [0.1, 0.15) is 11.7 Å². The van der Waals surface area contributed by atoms with Gasteiger partial charge >= 0.3 is 10.1 Å². The number of carbonyl (C=O) groups excluding carboxylic acids is 1. The Hall–Kier alpha value is -2.87. The Morgan fingerprint density at radius 2 is 1.67 bits per heavy atom. The molecule has 3 rings (SSSR count). The fourth-order valence-electron chi connectivity index (χ4n) is 2.19. The van der Waals surface area contributed by atoms with Crippen LogP contribution in [0, 0.1) is 5.82 Å². The quantitative estimate of drug-likeness (QED) is 0.848. The molecule has 0 amide bonds. The summed E-state index contributed by atoms with van der Waals surface area (Å²) < 4.78 is 48.2. The van der Waals surface area contributed by atoms with Crippen LogP contribution in [0.5, 0.6) is 0 Å². The summed E-state index contributed by atoms with van der Waals surface area (Å²) in [7, 11) is -4.26. The van der Waals surface area contributed by atoms with Gasteiger partial charge < -0.3 is 14.7 Å². The van der Waals surface area contributed by atoms with E-state index in [0.29, 0.717) is 0 Å². The number of halogens is 1. The minimum absolute atomic E-state index is 0.0545. The maximum absolute atomic E-state index is 13.8. The standard InChI is InChI=1S/C16H12FNO5S/c17-12-9-5-4-8-11(12)14-13(19)15(16(18)22-14)23-24(20,21)10-6-2-1-3-7-10/h1-9,14H,18H2. The van der Waals surface area contributed by atoms with Crippen LogP contribution in [0.2, 0.25) is 0 Å². The highest BCUT2D eigenvalue weighted by molar-refractivity contribution is 7.86. The van der Waals surface area contributed by atoms with Crippen LogP contribution in [-0.4, -0.2) is 14.2 Å². The smallest absolute Gasteiger partial charge is 0.339 e. The van der Waals surface area contributed by atoms with Crippen LogP contribution in [0.25, 0.3) is 0 Å². The van der Waals surface area contributed by atoms with Crippen molar-refractivity contribution < 1.29 is 26.5 Å². The van der Waals surface area contributed by atoms with Gasteiger partial charge in [0.2, 0.25) is 17.4 Å². The molecule has 1 unspecified atom stereocenters. The lowest BCUT2D eigenvalue weighted by molar-refractivity contribution is -0.123. The molecule has 24 heavy (non-hydrogen) atoms. The van der Waals surface area contributed by atoms with Gasteiger partial charge in [-0.15, -0.1) is 0 Å². The molecule has 8 heteroatoms.